The summed E-state index contributed by atoms with van der Waals surface area (Å²) in [7, 11) is 1.92. The minimum atomic E-state index is 0.147. The van der Waals surface area contributed by atoms with Gasteiger partial charge in [0.2, 0.25) is 0 Å². The predicted molar refractivity (Wildman–Crippen MR) is 65.4 cm³/mol. The Bertz CT molecular complexity index is 329. The molecule has 1 aromatic heterocycles. The molecule has 0 amide bonds. The van der Waals surface area contributed by atoms with Gasteiger partial charge < -0.3 is 15.7 Å². The fraction of sp³-hybridized carbons (Fsp3) is 0.727. The molecule has 1 heterocycles. The number of anilines is 1. The standard InChI is InChI=1S/C11H22N4O/c1-4-5-15(6-7-16)11-10(8-12)9(2)13-14(11)3/h16H,4-8,12H2,1-3H3. The number of aliphatic hydroxyl groups excluding tert-OH is 1. The van der Waals surface area contributed by atoms with Gasteiger partial charge in [0.05, 0.1) is 12.3 Å². The molecule has 5 nitrogen and oxygen atoms in total. The Morgan fingerprint density at radius 1 is 1.44 bits per heavy atom. The Balaban J connectivity index is 3.06. The number of aromatic nitrogens is 2. The first-order valence-corrected chi connectivity index (χ1v) is 5.74. The molecule has 0 radical (unpaired) electrons. The van der Waals surface area contributed by atoms with E-state index in [-0.39, 0.29) is 6.61 Å². The predicted octanol–water partition coefficient (Wildman–Crippen LogP) is 0.396. The van der Waals surface area contributed by atoms with E-state index in [1.54, 1.807) is 0 Å². The maximum absolute atomic E-state index is 9.08. The van der Waals surface area contributed by atoms with Crippen molar-refractivity contribution >= 4 is 5.82 Å². The van der Waals surface area contributed by atoms with Crippen molar-refractivity contribution in [3.63, 3.8) is 0 Å². The highest BCUT2D eigenvalue weighted by Crippen LogP contribution is 2.22. The van der Waals surface area contributed by atoms with Crippen LogP contribution in [-0.4, -0.2) is 34.6 Å². The van der Waals surface area contributed by atoms with E-state index >= 15 is 0 Å². The lowest BCUT2D eigenvalue weighted by molar-refractivity contribution is 0.301. The van der Waals surface area contributed by atoms with Crippen LogP contribution in [0.2, 0.25) is 0 Å². The van der Waals surface area contributed by atoms with Crippen LogP contribution in [0.5, 0.6) is 0 Å². The van der Waals surface area contributed by atoms with Crippen LogP contribution in [0, 0.1) is 6.92 Å². The van der Waals surface area contributed by atoms with E-state index in [0.717, 1.165) is 30.0 Å². The van der Waals surface area contributed by atoms with Crippen LogP contribution in [-0.2, 0) is 13.6 Å². The van der Waals surface area contributed by atoms with Crippen molar-refractivity contribution in [3.8, 4) is 0 Å². The largest absolute Gasteiger partial charge is 0.395 e. The molecule has 0 fully saturated rings. The molecule has 0 unspecified atom stereocenters. The number of hydrogen-bond acceptors (Lipinski definition) is 4. The van der Waals surface area contributed by atoms with E-state index in [2.05, 4.69) is 16.9 Å². The third kappa shape index (κ3) is 2.54. The number of rotatable bonds is 6. The summed E-state index contributed by atoms with van der Waals surface area (Å²) in [4.78, 5) is 2.14. The van der Waals surface area contributed by atoms with Crippen LogP contribution < -0.4 is 10.6 Å². The zero-order chi connectivity index (χ0) is 12.1. The van der Waals surface area contributed by atoms with Crippen molar-refractivity contribution in [1.29, 1.82) is 0 Å². The molecule has 0 aliphatic carbocycles. The summed E-state index contributed by atoms with van der Waals surface area (Å²) in [6.45, 7) is 6.26. The van der Waals surface area contributed by atoms with Crippen LogP contribution in [0.15, 0.2) is 0 Å². The van der Waals surface area contributed by atoms with E-state index in [0.29, 0.717) is 13.1 Å². The Morgan fingerprint density at radius 3 is 2.62 bits per heavy atom. The van der Waals surface area contributed by atoms with Gasteiger partial charge in [0.15, 0.2) is 0 Å². The van der Waals surface area contributed by atoms with Gasteiger partial charge in [-0.1, -0.05) is 6.92 Å². The fourth-order valence-corrected chi connectivity index (χ4v) is 2.04. The first-order chi connectivity index (χ1) is 7.65. The first kappa shape index (κ1) is 13.0. The van der Waals surface area contributed by atoms with Crippen molar-refractivity contribution in [2.24, 2.45) is 12.8 Å². The highest BCUT2D eigenvalue weighted by molar-refractivity contribution is 5.50. The second kappa shape index (κ2) is 5.86. The molecule has 5 heteroatoms. The van der Waals surface area contributed by atoms with Gasteiger partial charge in [-0.3, -0.25) is 4.68 Å². The Morgan fingerprint density at radius 2 is 2.12 bits per heavy atom. The van der Waals surface area contributed by atoms with Gasteiger partial charge in [0, 0.05) is 32.2 Å². The molecule has 0 atom stereocenters. The van der Waals surface area contributed by atoms with Crippen molar-refractivity contribution in [2.45, 2.75) is 26.8 Å². The summed E-state index contributed by atoms with van der Waals surface area (Å²) >= 11 is 0. The van der Waals surface area contributed by atoms with E-state index in [4.69, 9.17) is 10.8 Å². The third-order valence-corrected chi connectivity index (χ3v) is 2.68. The SMILES string of the molecule is CCCN(CCO)c1c(CN)c(C)nn1C. The lowest BCUT2D eigenvalue weighted by Crippen LogP contribution is -2.30. The molecule has 0 aromatic carbocycles. The molecule has 0 bridgehead atoms. The summed E-state index contributed by atoms with van der Waals surface area (Å²) < 4.78 is 1.85. The smallest absolute Gasteiger partial charge is 0.131 e. The minimum Gasteiger partial charge on any atom is -0.395 e. The molecular weight excluding hydrogens is 204 g/mol. The normalized spacial score (nSPS) is 10.8. The van der Waals surface area contributed by atoms with E-state index in [1.807, 2.05) is 18.7 Å². The molecule has 16 heavy (non-hydrogen) atoms. The molecule has 0 saturated carbocycles. The number of aryl methyl sites for hydroxylation is 2. The lowest BCUT2D eigenvalue weighted by Gasteiger charge is -2.24. The number of nitrogens with two attached hydrogens (primary N) is 1. The second-order valence-electron chi connectivity index (χ2n) is 3.93. The Kier molecular flexibility index (Phi) is 4.76. The zero-order valence-electron chi connectivity index (χ0n) is 10.4. The van der Waals surface area contributed by atoms with Crippen molar-refractivity contribution in [3.05, 3.63) is 11.3 Å². The summed E-state index contributed by atoms with van der Waals surface area (Å²) in [5.41, 5.74) is 7.80. The van der Waals surface area contributed by atoms with Gasteiger partial charge in [0.1, 0.15) is 5.82 Å². The molecule has 92 valence electrons. The highest BCUT2D eigenvalue weighted by Gasteiger charge is 2.17. The van der Waals surface area contributed by atoms with E-state index in [1.165, 1.54) is 0 Å². The first-order valence-electron chi connectivity index (χ1n) is 5.74. The molecule has 0 spiro atoms. The maximum atomic E-state index is 9.08. The molecule has 1 rings (SSSR count). The van der Waals surface area contributed by atoms with Crippen LogP contribution in [0.1, 0.15) is 24.6 Å². The van der Waals surface area contributed by atoms with Gasteiger partial charge >= 0.3 is 0 Å². The molecule has 0 aliphatic heterocycles. The van der Waals surface area contributed by atoms with Gasteiger partial charge in [-0.25, -0.2) is 0 Å². The second-order valence-corrected chi connectivity index (χ2v) is 3.93. The highest BCUT2D eigenvalue weighted by atomic mass is 16.3. The van der Waals surface area contributed by atoms with Crippen molar-refractivity contribution in [1.82, 2.24) is 9.78 Å². The average Bonchev–Trinajstić information content (AvgIpc) is 2.52. The Hall–Kier alpha value is -1.07. The van der Waals surface area contributed by atoms with Gasteiger partial charge in [-0.05, 0) is 13.3 Å². The quantitative estimate of drug-likeness (QED) is 0.736. The molecule has 1 aromatic rings. The number of aliphatic hydroxyl groups is 1. The van der Waals surface area contributed by atoms with Gasteiger partial charge in [-0.15, -0.1) is 0 Å². The van der Waals surface area contributed by atoms with Crippen molar-refractivity contribution < 1.29 is 5.11 Å². The summed E-state index contributed by atoms with van der Waals surface area (Å²) in [5, 5.41) is 13.5. The number of nitrogens with zero attached hydrogens (tertiary/aromatic N) is 3. The monoisotopic (exact) mass is 226 g/mol. The zero-order valence-corrected chi connectivity index (χ0v) is 10.4. The minimum absolute atomic E-state index is 0.147. The maximum Gasteiger partial charge on any atom is 0.131 e. The van der Waals surface area contributed by atoms with E-state index < -0.39 is 0 Å². The molecule has 3 N–H and O–H groups in total. The lowest BCUT2D eigenvalue weighted by atomic mass is 10.2. The topological polar surface area (TPSA) is 67.3 Å². The molecule has 0 saturated heterocycles. The summed E-state index contributed by atoms with van der Waals surface area (Å²) in [6, 6.07) is 0. The summed E-state index contributed by atoms with van der Waals surface area (Å²) in [6.07, 6.45) is 1.04. The average molecular weight is 226 g/mol. The van der Waals surface area contributed by atoms with Crippen LogP contribution in [0.25, 0.3) is 0 Å². The van der Waals surface area contributed by atoms with E-state index in [9.17, 15) is 0 Å². The van der Waals surface area contributed by atoms with Crippen LogP contribution in [0.3, 0.4) is 0 Å². The number of hydrogen-bond donors (Lipinski definition) is 2. The van der Waals surface area contributed by atoms with Crippen molar-refractivity contribution in [2.75, 3.05) is 24.6 Å². The van der Waals surface area contributed by atoms with Crippen LogP contribution >= 0.6 is 0 Å². The molecule has 0 aliphatic rings. The van der Waals surface area contributed by atoms with Crippen LogP contribution in [0.4, 0.5) is 5.82 Å². The van der Waals surface area contributed by atoms with Gasteiger partial charge in [0.25, 0.3) is 0 Å². The summed E-state index contributed by atoms with van der Waals surface area (Å²) in [5.74, 6) is 1.04. The fourth-order valence-electron chi connectivity index (χ4n) is 2.04. The molecular formula is C11H22N4O. The Labute approximate surface area is 96.9 Å². The third-order valence-electron chi connectivity index (χ3n) is 2.68. The van der Waals surface area contributed by atoms with Gasteiger partial charge in [-0.2, -0.15) is 5.10 Å².